The Balaban J connectivity index is 2.19. The number of hydrogen-bond acceptors (Lipinski definition) is 5. The predicted molar refractivity (Wildman–Crippen MR) is 78.2 cm³/mol. The van der Waals surface area contributed by atoms with Gasteiger partial charge in [0, 0.05) is 34.9 Å². The molecule has 0 atom stereocenters. The van der Waals surface area contributed by atoms with Gasteiger partial charge in [-0.25, -0.2) is 0 Å². The Kier molecular flexibility index (Phi) is 3.75. The molecular formula is C17H14O5. The second kappa shape index (κ2) is 5.71. The molecule has 0 amide bonds. The maximum Gasteiger partial charge on any atom is 0.194 e. The lowest BCUT2D eigenvalue weighted by Crippen LogP contribution is -2.21. The molecule has 2 aromatic carbocycles. The fourth-order valence-electron chi connectivity index (χ4n) is 2.64. The lowest BCUT2D eigenvalue weighted by Gasteiger charge is -2.20. The topological polar surface area (TPSA) is 72.8 Å². The number of carbonyl (C=O) groups is 2. The normalized spacial score (nSPS) is 12.8. The zero-order valence-corrected chi connectivity index (χ0v) is 12.0. The first kappa shape index (κ1) is 14.4. The van der Waals surface area contributed by atoms with Gasteiger partial charge >= 0.3 is 0 Å². The van der Waals surface area contributed by atoms with Crippen LogP contribution >= 0.6 is 0 Å². The van der Waals surface area contributed by atoms with E-state index in [0.29, 0.717) is 28.0 Å². The van der Waals surface area contributed by atoms with E-state index < -0.39 is 6.79 Å². The number of aliphatic hydroxyl groups is 1. The molecule has 112 valence electrons. The monoisotopic (exact) mass is 298 g/mol. The minimum absolute atomic E-state index is 0.196. The van der Waals surface area contributed by atoms with Crippen LogP contribution in [-0.4, -0.2) is 30.6 Å². The summed E-state index contributed by atoms with van der Waals surface area (Å²) in [7, 11) is 1.52. The van der Waals surface area contributed by atoms with Crippen LogP contribution < -0.4 is 4.74 Å². The smallest absolute Gasteiger partial charge is 0.194 e. The van der Waals surface area contributed by atoms with Crippen LogP contribution in [0.5, 0.6) is 5.75 Å². The van der Waals surface area contributed by atoms with E-state index in [2.05, 4.69) is 0 Å². The first-order valence-electron chi connectivity index (χ1n) is 6.75. The van der Waals surface area contributed by atoms with Crippen molar-refractivity contribution < 1.29 is 24.2 Å². The number of hydrogen-bond donors (Lipinski definition) is 1. The van der Waals surface area contributed by atoms with E-state index in [0.717, 1.165) is 0 Å². The summed E-state index contributed by atoms with van der Waals surface area (Å²) in [5.74, 6) is -0.0845. The van der Waals surface area contributed by atoms with Crippen LogP contribution in [0.2, 0.25) is 0 Å². The molecule has 2 aromatic rings. The maximum absolute atomic E-state index is 12.6. The molecule has 0 bridgehead atoms. The molecule has 0 aromatic heterocycles. The first-order valence-corrected chi connectivity index (χ1v) is 6.75. The molecule has 0 heterocycles. The van der Waals surface area contributed by atoms with Crippen molar-refractivity contribution in [1.82, 2.24) is 0 Å². The Morgan fingerprint density at radius 2 is 1.55 bits per heavy atom. The van der Waals surface area contributed by atoms with Crippen LogP contribution in [0.1, 0.15) is 37.4 Å². The molecule has 5 heteroatoms. The minimum Gasteiger partial charge on any atom is -0.467 e. The van der Waals surface area contributed by atoms with Crippen molar-refractivity contribution in [2.24, 2.45) is 0 Å². The fraction of sp³-hybridized carbons (Fsp3) is 0.176. The zero-order chi connectivity index (χ0) is 15.7. The van der Waals surface area contributed by atoms with Gasteiger partial charge in [-0.15, -0.1) is 0 Å². The van der Waals surface area contributed by atoms with Gasteiger partial charge in [0.15, 0.2) is 18.4 Å². The van der Waals surface area contributed by atoms with Gasteiger partial charge in [0.1, 0.15) is 5.75 Å². The minimum atomic E-state index is -0.520. The largest absolute Gasteiger partial charge is 0.467 e. The van der Waals surface area contributed by atoms with Crippen LogP contribution in [0.15, 0.2) is 36.4 Å². The summed E-state index contributed by atoms with van der Waals surface area (Å²) < 4.78 is 10.2. The lowest BCUT2D eigenvalue weighted by molar-refractivity contribution is 0.0927. The number of aliphatic hydroxyl groups excluding tert-OH is 1. The third-order valence-corrected chi connectivity index (χ3v) is 3.63. The van der Waals surface area contributed by atoms with Gasteiger partial charge in [0.05, 0.1) is 6.61 Å². The molecule has 1 N–H and O–H groups in total. The molecule has 3 rings (SSSR count). The molecule has 0 spiro atoms. The molecule has 1 aliphatic rings. The van der Waals surface area contributed by atoms with Crippen LogP contribution in [0.25, 0.3) is 0 Å². The van der Waals surface area contributed by atoms with Crippen LogP contribution in [0, 0.1) is 0 Å². The van der Waals surface area contributed by atoms with E-state index in [4.69, 9.17) is 14.6 Å². The predicted octanol–water partition coefficient (Wildman–Crippen LogP) is 1.94. The number of ether oxygens (including phenoxy) is 2. The van der Waals surface area contributed by atoms with E-state index in [-0.39, 0.29) is 23.7 Å². The van der Waals surface area contributed by atoms with E-state index in [1.54, 1.807) is 30.3 Å². The first-order chi connectivity index (χ1) is 10.7. The molecular weight excluding hydrogens is 284 g/mol. The SMILES string of the molecule is COCc1cc2c(cc1OCO)C(=O)c1ccccc1C2=O. The molecule has 22 heavy (non-hydrogen) atoms. The van der Waals surface area contributed by atoms with Crippen molar-refractivity contribution >= 4 is 11.6 Å². The van der Waals surface area contributed by atoms with Crippen molar-refractivity contribution in [3.8, 4) is 5.75 Å². The van der Waals surface area contributed by atoms with Crippen molar-refractivity contribution in [3.05, 3.63) is 64.2 Å². The van der Waals surface area contributed by atoms with Gasteiger partial charge in [0.25, 0.3) is 0 Å². The van der Waals surface area contributed by atoms with E-state index >= 15 is 0 Å². The van der Waals surface area contributed by atoms with Gasteiger partial charge < -0.3 is 14.6 Å². The molecule has 0 radical (unpaired) electrons. The summed E-state index contributed by atoms with van der Waals surface area (Å²) in [4.78, 5) is 25.2. The zero-order valence-electron chi connectivity index (χ0n) is 12.0. The summed E-state index contributed by atoms with van der Waals surface area (Å²) >= 11 is 0. The molecule has 0 unspecified atom stereocenters. The Labute approximate surface area is 127 Å². The van der Waals surface area contributed by atoms with Gasteiger partial charge in [-0.05, 0) is 12.1 Å². The number of benzene rings is 2. The Bertz CT molecular complexity index is 700. The van der Waals surface area contributed by atoms with Crippen LogP contribution in [0.4, 0.5) is 0 Å². The number of fused-ring (bicyclic) bond motifs is 2. The van der Waals surface area contributed by atoms with Gasteiger partial charge in [-0.3, -0.25) is 9.59 Å². The highest BCUT2D eigenvalue weighted by Gasteiger charge is 2.30. The quantitative estimate of drug-likeness (QED) is 0.745. The van der Waals surface area contributed by atoms with Crippen molar-refractivity contribution in [3.63, 3.8) is 0 Å². The average Bonchev–Trinajstić information content (AvgIpc) is 2.54. The molecule has 0 fully saturated rings. The highest BCUT2D eigenvalue weighted by atomic mass is 16.6. The van der Waals surface area contributed by atoms with Gasteiger partial charge in [-0.2, -0.15) is 0 Å². The Morgan fingerprint density at radius 3 is 2.09 bits per heavy atom. The van der Waals surface area contributed by atoms with Crippen molar-refractivity contribution in [2.45, 2.75) is 6.61 Å². The number of rotatable bonds is 4. The third kappa shape index (κ3) is 2.20. The third-order valence-electron chi connectivity index (χ3n) is 3.63. The number of ketones is 2. The molecule has 0 saturated heterocycles. The van der Waals surface area contributed by atoms with Crippen molar-refractivity contribution in [1.29, 1.82) is 0 Å². The summed E-state index contributed by atoms with van der Waals surface area (Å²) in [6, 6.07) is 9.82. The summed E-state index contributed by atoms with van der Waals surface area (Å²) in [6.45, 7) is -0.306. The Morgan fingerprint density at radius 1 is 0.955 bits per heavy atom. The second-order valence-corrected chi connectivity index (χ2v) is 4.92. The molecule has 1 aliphatic carbocycles. The highest BCUT2D eigenvalue weighted by Crippen LogP contribution is 2.32. The van der Waals surface area contributed by atoms with Crippen molar-refractivity contribution in [2.75, 3.05) is 13.9 Å². The highest BCUT2D eigenvalue weighted by molar-refractivity contribution is 6.28. The molecule has 0 saturated carbocycles. The van der Waals surface area contributed by atoms with Gasteiger partial charge in [0.2, 0.25) is 0 Å². The number of carbonyl (C=O) groups excluding carboxylic acids is 2. The maximum atomic E-state index is 12.6. The van der Waals surface area contributed by atoms with E-state index in [1.807, 2.05) is 0 Å². The van der Waals surface area contributed by atoms with E-state index in [9.17, 15) is 9.59 Å². The molecule has 5 nitrogen and oxygen atoms in total. The fourth-order valence-corrected chi connectivity index (χ4v) is 2.64. The van der Waals surface area contributed by atoms with Crippen LogP contribution in [0.3, 0.4) is 0 Å². The molecule has 0 aliphatic heterocycles. The number of methoxy groups -OCH3 is 1. The van der Waals surface area contributed by atoms with E-state index in [1.165, 1.54) is 13.2 Å². The Hall–Kier alpha value is -2.50. The standard InChI is InChI=1S/C17H14O5/c1-21-8-10-6-13-14(7-15(10)22-9-18)17(20)12-5-3-2-4-11(12)16(13)19/h2-7,18H,8-9H2,1H3. The summed E-state index contributed by atoms with van der Waals surface area (Å²) in [6.07, 6.45) is 0. The average molecular weight is 298 g/mol. The lowest BCUT2D eigenvalue weighted by atomic mass is 9.83. The summed E-state index contributed by atoms with van der Waals surface area (Å²) in [5, 5.41) is 8.98. The summed E-state index contributed by atoms with van der Waals surface area (Å²) in [5.41, 5.74) is 2.01. The van der Waals surface area contributed by atoms with Crippen LogP contribution in [-0.2, 0) is 11.3 Å². The van der Waals surface area contributed by atoms with Gasteiger partial charge in [-0.1, -0.05) is 24.3 Å². The second-order valence-electron chi connectivity index (χ2n) is 4.92.